The number of hydrogen-bond acceptors (Lipinski definition) is 8. The molecule has 282 valence electrons. The molecule has 3 aromatic carbocycles. The van der Waals surface area contributed by atoms with Gasteiger partial charge in [-0.2, -0.15) is 13.2 Å². The molecule has 0 bridgehead atoms. The Morgan fingerprint density at radius 2 is 1.67 bits per heavy atom. The van der Waals surface area contributed by atoms with E-state index in [9.17, 15) is 27.9 Å². The molecule has 0 unspecified atom stereocenters. The van der Waals surface area contributed by atoms with Gasteiger partial charge in [-0.05, 0) is 100 Å². The standard InChI is InChI=1S/C38H47F3N4O7/c1-24-19-45(25(2)22-46)36(47)31-18-30(43-37(48)42-29-11-9-28(10-12-29)38(39,40)41)13-15-32(31)52-26(3)7-5-6-16-49-35(24)21-44(4)20-27-8-14-33-34(17-27)51-23-50-33/h8-15,17-18,24-26,35,46H,5-7,16,19-23H2,1-4H3,(H2,42,43,48)/t24-,25-,26+,35+/m0/s1. The summed E-state index contributed by atoms with van der Waals surface area (Å²) in [5, 5.41) is 15.4. The van der Waals surface area contributed by atoms with E-state index in [2.05, 4.69) is 15.5 Å². The number of fused-ring (bicyclic) bond motifs is 2. The molecule has 3 N–H and O–H groups in total. The summed E-state index contributed by atoms with van der Waals surface area (Å²) in [6.07, 6.45) is -2.59. The lowest BCUT2D eigenvalue weighted by molar-refractivity contribution is -0.137. The summed E-state index contributed by atoms with van der Waals surface area (Å²) in [7, 11) is 2.02. The van der Waals surface area contributed by atoms with Crippen molar-refractivity contribution in [2.45, 2.75) is 71.0 Å². The summed E-state index contributed by atoms with van der Waals surface area (Å²) < 4.78 is 62.7. The Bertz CT molecular complexity index is 1670. The van der Waals surface area contributed by atoms with Crippen molar-refractivity contribution in [3.63, 3.8) is 0 Å². The lowest BCUT2D eigenvalue weighted by Gasteiger charge is -2.36. The number of aliphatic hydroxyl groups is 1. The maximum absolute atomic E-state index is 14.4. The number of amides is 3. The third-order valence-electron chi connectivity index (χ3n) is 9.16. The summed E-state index contributed by atoms with van der Waals surface area (Å²) in [4.78, 5) is 31.0. The van der Waals surface area contributed by atoms with Crippen molar-refractivity contribution in [1.29, 1.82) is 0 Å². The van der Waals surface area contributed by atoms with Crippen molar-refractivity contribution in [2.75, 3.05) is 50.8 Å². The van der Waals surface area contributed by atoms with Crippen molar-refractivity contribution in [3.05, 3.63) is 77.4 Å². The molecule has 3 amide bonds. The maximum atomic E-state index is 14.4. The number of aliphatic hydroxyl groups excluding tert-OH is 1. The second kappa shape index (κ2) is 17.3. The van der Waals surface area contributed by atoms with Crippen LogP contribution >= 0.6 is 0 Å². The fourth-order valence-corrected chi connectivity index (χ4v) is 6.22. The molecule has 3 aromatic rings. The zero-order chi connectivity index (χ0) is 37.4. The molecule has 5 rings (SSSR count). The molecule has 0 spiro atoms. The number of anilines is 2. The van der Waals surface area contributed by atoms with Gasteiger partial charge in [-0.3, -0.25) is 9.69 Å². The van der Waals surface area contributed by atoms with Crippen molar-refractivity contribution in [1.82, 2.24) is 9.80 Å². The van der Waals surface area contributed by atoms with E-state index in [-0.39, 0.29) is 55.0 Å². The van der Waals surface area contributed by atoms with Crippen LogP contribution < -0.4 is 24.8 Å². The molecule has 11 nitrogen and oxygen atoms in total. The summed E-state index contributed by atoms with van der Waals surface area (Å²) in [6.45, 7) is 7.68. The van der Waals surface area contributed by atoms with Crippen LogP contribution in [0.15, 0.2) is 60.7 Å². The third kappa shape index (κ3) is 10.3. The Kier molecular flexibility index (Phi) is 12.9. The number of likely N-dealkylation sites (N-methyl/N-ethyl adjacent to an activating group) is 1. The molecule has 2 aliphatic rings. The minimum Gasteiger partial charge on any atom is -0.490 e. The minimum atomic E-state index is -4.50. The number of urea groups is 1. The fourth-order valence-electron chi connectivity index (χ4n) is 6.22. The lowest BCUT2D eigenvalue weighted by atomic mass is 10.0. The van der Waals surface area contributed by atoms with Crippen LogP contribution in [0.1, 0.15) is 61.5 Å². The van der Waals surface area contributed by atoms with E-state index in [0.29, 0.717) is 31.9 Å². The first-order chi connectivity index (χ1) is 24.8. The first kappa shape index (κ1) is 38.7. The molecule has 0 aliphatic carbocycles. The number of alkyl halides is 3. The van der Waals surface area contributed by atoms with E-state index >= 15 is 0 Å². The molecular formula is C38H47F3N4O7. The van der Waals surface area contributed by atoms with Gasteiger partial charge in [0.05, 0.1) is 36.0 Å². The summed E-state index contributed by atoms with van der Waals surface area (Å²) in [5.74, 6) is 1.24. The topological polar surface area (TPSA) is 122 Å². The number of carbonyl (C=O) groups is 2. The van der Waals surface area contributed by atoms with Gasteiger partial charge in [0, 0.05) is 43.5 Å². The molecule has 0 radical (unpaired) electrons. The molecule has 0 saturated heterocycles. The van der Waals surface area contributed by atoms with E-state index in [1.807, 2.05) is 39.1 Å². The van der Waals surface area contributed by atoms with Gasteiger partial charge in [0.15, 0.2) is 11.5 Å². The van der Waals surface area contributed by atoms with Crippen LogP contribution in [-0.2, 0) is 17.5 Å². The van der Waals surface area contributed by atoms with E-state index in [0.717, 1.165) is 54.2 Å². The lowest BCUT2D eigenvalue weighted by Crippen LogP contribution is -2.47. The highest BCUT2D eigenvalue weighted by atomic mass is 19.4. The Morgan fingerprint density at radius 1 is 0.981 bits per heavy atom. The van der Waals surface area contributed by atoms with E-state index < -0.39 is 29.7 Å². The highest BCUT2D eigenvalue weighted by Crippen LogP contribution is 2.34. The van der Waals surface area contributed by atoms with E-state index in [1.165, 1.54) is 6.07 Å². The van der Waals surface area contributed by atoms with Crippen LogP contribution in [0.5, 0.6) is 17.2 Å². The van der Waals surface area contributed by atoms with Crippen LogP contribution in [0.4, 0.5) is 29.3 Å². The summed E-state index contributed by atoms with van der Waals surface area (Å²) >= 11 is 0. The van der Waals surface area contributed by atoms with Gasteiger partial charge in [0.2, 0.25) is 6.79 Å². The predicted molar refractivity (Wildman–Crippen MR) is 190 cm³/mol. The third-order valence-corrected chi connectivity index (χ3v) is 9.16. The largest absolute Gasteiger partial charge is 0.490 e. The van der Waals surface area contributed by atoms with Crippen LogP contribution in [0.25, 0.3) is 0 Å². The van der Waals surface area contributed by atoms with Crippen molar-refractivity contribution in [3.8, 4) is 17.2 Å². The second-order valence-corrected chi connectivity index (χ2v) is 13.5. The average Bonchev–Trinajstić information content (AvgIpc) is 3.57. The summed E-state index contributed by atoms with van der Waals surface area (Å²) in [5.41, 5.74) is 0.854. The van der Waals surface area contributed by atoms with Crippen LogP contribution in [0, 0.1) is 5.92 Å². The quantitative estimate of drug-likeness (QED) is 0.227. The van der Waals surface area contributed by atoms with Gasteiger partial charge in [0.25, 0.3) is 5.91 Å². The van der Waals surface area contributed by atoms with Crippen molar-refractivity contribution >= 4 is 23.3 Å². The molecule has 0 aromatic heterocycles. The number of carbonyl (C=O) groups excluding carboxylic acids is 2. The minimum absolute atomic E-state index is 0.140. The van der Waals surface area contributed by atoms with E-state index in [1.54, 1.807) is 24.0 Å². The van der Waals surface area contributed by atoms with Gasteiger partial charge in [-0.15, -0.1) is 0 Å². The molecule has 4 atom stereocenters. The second-order valence-electron chi connectivity index (χ2n) is 13.5. The van der Waals surface area contributed by atoms with Crippen molar-refractivity contribution < 1.29 is 46.8 Å². The van der Waals surface area contributed by atoms with Gasteiger partial charge in [-0.25, -0.2) is 4.79 Å². The van der Waals surface area contributed by atoms with E-state index in [4.69, 9.17) is 18.9 Å². The van der Waals surface area contributed by atoms with Crippen LogP contribution in [0.2, 0.25) is 0 Å². The number of benzene rings is 3. The van der Waals surface area contributed by atoms with Gasteiger partial charge >= 0.3 is 12.2 Å². The number of halogens is 3. The first-order valence-corrected chi connectivity index (χ1v) is 17.5. The number of hydrogen-bond donors (Lipinski definition) is 3. The molecule has 2 aliphatic heterocycles. The normalized spacial score (nSPS) is 20.4. The Morgan fingerprint density at radius 3 is 2.40 bits per heavy atom. The smallest absolute Gasteiger partial charge is 0.416 e. The molecule has 2 heterocycles. The van der Waals surface area contributed by atoms with Gasteiger partial charge in [0.1, 0.15) is 5.75 Å². The Balaban J connectivity index is 1.34. The monoisotopic (exact) mass is 728 g/mol. The van der Waals surface area contributed by atoms with Gasteiger partial charge in [-0.1, -0.05) is 13.0 Å². The molecule has 0 saturated carbocycles. The molecular weight excluding hydrogens is 681 g/mol. The maximum Gasteiger partial charge on any atom is 0.416 e. The Labute approximate surface area is 302 Å². The van der Waals surface area contributed by atoms with Gasteiger partial charge < -0.3 is 39.6 Å². The molecule has 14 heteroatoms. The average molecular weight is 729 g/mol. The number of ether oxygens (including phenoxy) is 4. The highest BCUT2D eigenvalue weighted by molar-refractivity contribution is 6.02. The SMILES string of the molecule is C[C@@H]1CCCCO[C@H](CN(C)Cc2ccc3c(c2)OCO3)[C@@H](C)CN([C@@H](C)CO)C(=O)c2cc(NC(=O)Nc3ccc(C(F)(F)F)cc3)ccc2O1. The number of nitrogens with one attached hydrogen (secondary N) is 2. The first-order valence-electron chi connectivity index (χ1n) is 17.5. The molecule has 52 heavy (non-hydrogen) atoms. The van der Waals surface area contributed by atoms with Crippen LogP contribution in [0.3, 0.4) is 0 Å². The highest BCUT2D eigenvalue weighted by Gasteiger charge is 2.32. The van der Waals surface area contributed by atoms with Crippen LogP contribution in [-0.4, -0.2) is 85.2 Å². The zero-order valence-electron chi connectivity index (χ0n) is 29.9. The number of nitrogens with zero attached hydrogens (tertiary/aromatic N) is 2. The summed E-state index contributed by atoms with van der Waals surface area (Å²) in [6, 6.07) is 13.4. The zero-order valence-corrected chi connectivity index (χ0v) is 29.9. The predicted octanol–water partition coefficient (Wildman–Crippen LogP) is 7.01. The number of rotatable bonds is 8. The molecule has 0 fully saturated rings. The fraction of sp³-hybridized carbons (Fsp3) is 0.474. The Hall–Kier alpha value is -4.53. The van der Waals surface area contributed by atoms with Crippen molar-refractivity contribution in [2.24, 2.45) is 5.92 Å².